The summed E-state index contributed by atoms with van der Waals surface area (Å²) in [6, 6.07) is 0. The van der Waals surface area contributed by atoms with Crippen LogP contribution in [0.1, 0.15) is 52.4 Å². The molecule has 0 saturated carbocycles. The zero-order valence-electron chi connectivity index (χ0n) is 10.0. The van der Waals surface area contributed by atoms with Gasteiger partial charge in [-0.05, 0) is 6.42 Å². The van der Waals surface area contributed by atoms with E-state index in [4.69, 9.17) is 5.11 Å². The summed E-state index contributed by atoms with van der Waals surface area (Å²) in [5, 5.41) is 9.66. The minimum Gasteiger partial charge on any atom is -0.481 e. The van der Waals surface area contributed by atoms with Crippen LogP contribution in [0.15, 0.2) is 0 Å². The van der Waals surface area contributed by atoms with Crippen molar-refractivity contribution in [3.8, 4) is 0 Å². The van der Waals surface area contributed by atoms with E-state index in [9.17, 15) is 4.79 Å². The third kappa shape index (κ3) is 39.9. The predicted molar refractivity (Wildman–Crippen MR) is 67.3 cm³/mol. The van der Waals surface area contributed by atoms with Gasteiger partial charge in [0.15, 0.2) is 0 Å². The monoisotopic (exact) mass is 297 g/mol. The molecule has 0 rings (SSSR count). The van der Waals surface area contributed by atoms with Crippen molar-refractivity contribution in [3.63, 3.8) is 0 Å². The van der Waals surface area contributed by atoms with Gasteiger partial charge in [0.2, 0.25) is 16.3 Å². The number of carbonyl (C=O) groups is 1. The molecule has 0 aliphatic rings. The summed E-state index contributed by atoms with van der Waals surface area (Å²) in [6.07, 6.45) is 5.88. The van der Waals surface area contributed by atoms with Crippen LogP contribution in [-0.2, 0) is 21.6 Å². The van der Waals surface area contributed by atoms with Gasteiger partial charge in [0.1, 0.15) is 0 Å². The molecular weight excluding hydrogens is 273 g/mol. The Morgan fingerprint density at radius 1 is 1.13 bits per heavy atom. The quantitative estimate of drug-likeness (QED) is 0.604. The molecule has 0 aliphatic carbocycles. The second-order valence-electron chi connectivity index (χ2n) is 3.27. The van der Waals surface area contributed by atoms with Crippen molar-refractivity contribution < 1.29 is 26.7 Å². The Kier molecular flexibility index (Phi) is 40.0. The summed E-state index contributed by atoms with van der Waals surface area (Å²) in [5.74, 6) is -0.670. The molecule has 0 aromatic carbocycles. The van der Waals surface area contributed by atoms with Crippen LogP contribution in [0, 0.1) is 0 Å². The van der Waals surface area contributed by atoms with Crippen LogP contribution in [-0.4, -0.2) is 27.4 Å². The Balaban J connectivity index is -0.000000108. The van der Waals surface area contributed by atoms with Gasteiger partial charge in [-0.2, -0.15) is 0 Å². The average Bonchev–Trinajstić information content (AvgIpc) is 2.05. The molecule has 95 valence electrons. The largest absolute Gasteiger partial charge is 0.481 e. The number of aliphatic carboxylic acids is 1. The van der Waals surface area contributed by atoms with Gasteiger partial charge in [0.05, 0.1) is 0 Å². The number of carboxylic acid groups (broad SMARTS) is 1. The molecule has 5 heteroatoms. The molecule has 1 radical (unpaired) electrons. The van der Waals surface area contributed by atoms with Crippen molar-refractivity contribution in [2.45, 2.75) is 57.7 Å². The van der Waals surface area contributed by atoms with Crippen molar-refractivity contribution in [2.24, 2.45) is 0 Å². The molecule has 0 aliphatic heterocycles. The minimum atomic E-state index is -0.670. The van der Waals surface area contributed by atoms with E-state index >= 15 is 0 Å². The molecule has 0 spiro atoms. The molecule has 0 heterocycles. The van der Waals surface area contributed by atoms with E-state index in [1.807, 2.05) is 0 Å². The number of carboxylic acids is 1. The summed E-state index contributed by atoms with van der Waals surface area (Å²) in [7, 11) is 0. The van der Waals surface area contributed by atoms with E-state index in [0.29, 0.717) is 6.42 Å². The van der Waals surface area contributed by atoms with Crippen molar-refractivity contribution >= 4 is 34.7 Å². The number of hydrogen-bond acceptors (Lipinski definition) is 1. The Morgan fingerprint density at radius 3 is 1.87 bits per heavy atom. The van der Waals surface area contributed by atoms with Crippen LogP contribution in [0.4, 0.5) is 0 Å². The number of unbranched alkanes of at least 4 members (excludes halogenated alkanes) is 4. The first kappa shape index (κ1) is 24.9. The van der Waals surface area contributed by atoms with Crippen molar-refractivity contribution in [2.75, 3.05) is 0 Å². The molecule has 15 heavy (non-hydrogen) atoms. The van der Waals surface area contributed by atoms with Gasteiger partial charge >= 0.3 is 5.97 Å². The van der Waals surface area contributed by atoms with Crippen LogP contribution in [0.25, 0.3) is 0 Å². The molecule has 2 nitrogen and oxygen atoms in total. The summed E-state index contributed by atoms with van der Waals surface area (Å²) >= 11 is 1.37. The molecule has 0 atom stereocenters. The SMILES string of the molecule is CCCCCCCC(=O)O.C[CH2][AlH2].Cl.[Co]. The Hall–Kier alpha value is 0.799. The van der Waals surface area contributed by atoms with Crippen LogP contribution in [0.5, 0.6) is 0 Å². The molecule has 0 bridgehead atoms. The normalized spacial score (nSPS) is 7.60. The second kappa shape index (κ2) is 24.2. The van der Waals surface area contributed by atoms with Crippen LogP contribution in [0.3, 0.4) is 0 Å². The summed E-state index contributed by atoms with van der Waals surface area (Å²) in [5.41, 5.74) is 0. The predicted octanol–water partition coefficient (Wildman–Crippen LogP) is 2.91. The van der Waals surface area contributed by atoms with Gasteiger partial charge in [-0.25, -0.2) is 0 Å². The fraction of sp³-hybridized carbons (Fsp3) is 0.900. The molecule has 0 fully saturated rings. The first-order chi connectivity index (χ1) is 6.18. The minimum absolute atomic E-state index is 0. The maximum atomic E-state index is 10.0. The van der Waals surface area contributed by atoms with E-state index in [2.05, 4.69) is 13.8 Å². The molecule has 0 aromatic heterocycles. The van der Waals surface area contributed by atoms with E-state index in [1.54, 1.807) is 0 Å². The summed E-state index contributed by atoms with van der Waals surface area (Å²) in [4.78, 5) is 10.0. The Bertz CT molecular complexity index is 116. The number of rotatable bonds is 6. The van der Waals surface area contributed by atoms with Crippen LogP contribution >= 0.6 is 12.4 Å². The first-order valence-corrected chi connectivity index (χ1v) is 6.82. The average molecular weight is 298 g/mol. The number of hydrogen-bond donors (Lipinski definition) is 1. The molecule has 1 N–H and O–H groups in total. The number of halogens is 1. The molecule has 0 aromatic rings. The smallest absolute Gasteiger partial charge is 0.303 e. The third-order valence-electron chi connectivity index (χ3n) is 1.49. The summed E-state index contributed by atoms with van der Waals surface area (Å²) in [6.45, 7) is 4.34. The summed E-state index contributed by atoms with van der Waals surface area (Å²) < 4.78 is 0. The van der Waals surface area contributed by atoms with Gasteiger partial charge in [-0.3, -0.25) is 4.79 Å². The van der Waals surface area contributed by atoms with E-state index in [-0.39, 0.29) is 29.2 Å². The van der Waals surface area contributed by atoms with Gasteiger partial charge in [-0.1, -0.05) is 39.5 Å². The fourth-order valence-corrected chi connectivity index (χ4v) is 0.880. The van der Waals surface area contributed by atoms with E-state index in [0.717, 1.165) is 12.8 Å². The molecule has 0 amide bonds. The van der Waals surface area contributed by atoms with Crippen molar-refractivity contribution in [1.29, 1.82) is 0 Å². The third-order valence-corrected chi connectivity index (χ3v) is 1.49. The van der Waals surface area contributed by atoms with Gasteiger partial charge in [0.25, 0.3) is 0 Å². The van der Waals surface area contributed by atoms with Gasteiger partial charge in [-0.15, -0.1) is 17.7 Å². The van der Waals surface area contributed by atoms with E-state index in [1.165, 1.54) is 40.8 Å². The Morgan fingerprint density at radius 2 is 1.53 bits per heavy atom. The molecule has 0 saturated heterocycles. The standard InChI is InChI=1S/C8H16O2.C2H5.Al.ClH.Co.2H/c1-2-3-4-5-6-7-8(9)10;1-2;;;;;/h2-7H2,1H3,(H,9,10);1H2,2H3;;1H;;;. The van der Waals surface area contributed by atoms with Crippen molar-refractivity contribution in [3.05, 3.63) is 0 Å². The maximum Gasteiger partial charge on any atom is 0.303 e. The van der Waals surface area contributed by atoms with Gasteiger partial charge < -0.3 is 5.11 Å². The zero-order chi connectivity index (χ0) is 10.5. The Labute approximate surface area is 119 Å². The van der Waals surface area contributed by atoms with Gasteiger partial charge in [0, 0.05) is 23.2 Å². The second-order valence-corrected chi connectivity index (χ2v) is 4.68. The molecule has 0 unspecified atom stereocenters. The van der Waals surface area contributed by atoms with Crippen LogP contribution in [0.2, 0.25) is 5.28 Å². The first-order valence-electron chi connectivity index (χ1n) is 5.40. The van der Waals surface area contributed by atoms with Crippen molar-refractivity contribution in [1.82, 2.24) is 0 Å². The molecular formula is C10H24AlClCoO2. The maximum absolute atomic E-state index is 10.0. The van der Waals surface area contributed by atoms with E-state index < -0.39 is 5.97 Å². The zero-order valence-corrected chi connectivity index (χ0v) is 13.9. The fourth-order valence-electron chi connectivity index (χ4n) is 0.880. The topological polar surface area (TPSA) is 37.3 Å². The van der Waals surface area contributed by atoms with Crippen LogP contribution < -0.4 is 0 Å².